The first-order chi connectivity index (χ1) is 5.24. The molecule has 1 heterocycles. The van der Waals surface area contributed by atoms with Gasteiger partial charge in [-0.1, -0.05) is 12.2 Å². The summed E-state index contributed by atoms with van der Waals surface area (Å²) in [6.45, 7) is 0. The van der Waals surface area contributed by atoms with Crippen molar-refractivity contribution in [1.82, 2.24) is 4.98 Å². The van der Waals surface area contributed by atoms with Crippen LogP contribution in [0.5, 0.6) is 0 Å². The second-order valence-electron chi connectivity index (χ2n) is 2.04. The van der Waals surface area contributed by atoms with Crippen molar-refractivity contribution in [1.29, 1.82) is 0 Å². The number of nitrogens with one attached hydrogen (secondary N) is 1. The molecule has 0 bridgehead atoms. The van der Waals surface area contributed by atoms with Gasteiger partial charge in [0, 0.05) is 18.9 Å². The third-order valence-electron chi connectivity index (χ3n) is 1.30. The highest BCUT2D eigenvalue weighted by atomic mass is 32.1. The fourth-order valence-electron chi connectivity index (χ4n) is 0.721. The molecule has 3 nitrogen and oxygen atoms in total. The SMILES string of the molecule is CNc1ccnc(C(N)=S)c1. The molecule has 11 heavy (non-hydrogen) atoms. The van der Waals surface area contributed by atoms with Crippen molar-refractivity contribution in [2.45, 2.75) is 0 Å². The van der Waals surface area contributed by atoms with E-state index in [0.29, 0.717) is 10.7 Å². The lowest BCUT2D eigenvalue weighted by atomic mass is 10.3. The fourth-order valence-corrected chi connectivity index (χ4v) is 0.832. The number of hydrogen-bond donors (Lipinski definition) is 2. The van der Waals surface area contributed by atoms with Crippen LogP contribution in [0.3, 0.4) is 0 Å². The smallest absolute Gasteiger partial charge is 0.122 e. The summed E-state index contributed by atoms with van der Waals surface area (Å²) in [5.41, 5.74) is 6.98. The van der Waals surface area contributed by atoms with Crippen LogP contribution < -0.4 is 11.1 Å². The Morgan fingerprint density at radius 2 is 2.45 bits per heavy atom. The van der Waals surface area contributed by atoms with E-state index in [1.807, 2.05) is 19.2 Å². The number of nitrogens with zero attached hydrogens (tertiary/aromatic N) is 1. The van der Waals surface area contributed by atoms with Gasteiger partial charge in [-0.05, 0) is 12.1 Å². The molecule has 4 heteroatoms. The molecule has 1 aromatic rings. The first-order valence-electron chi connectivity index (χ1n) is 3.17. The van der Waals surface area contributed by atoms with Gasteiger partial charge >= 0.3 is 0 Å². The molecule has 58 valence electrons. The second kappa shape index (κ2) is 3.30. The molecular weight excluding hydrogens is 158 g/mol. The van der Waals surface area contributed by atoms with Crippen LogP contribution in [0.2, 0.25) is 0 Å². The van der Waals surface area contributed by atoms with E-state index in [-0.39, 0.29) is 0 Å². The van der Waals surface area contributed by atoms with Gasteiger partial charge in [0.25, 0.3) is 0 Å². The highest BCUT2D eigenvalue weighted by Gasteiger charge is 1.96. The molecule has 0 aromatic carbocycles. The average Bonchev–Trinajstić information content (AvgIpc) is 2.05. The Hall–Kier alpha value is -1.16. The molecule has 0 aliphatic carbocycles. The lowest BCUT2D eigenvalue weighted by Gasteiger charge is -2.00. The molecule has 0 unspecified atom stereocenters. The molecule has 0 saturated heterocycles. The minimum Gasteiger partial charge on any atom is -0.388 e. The van der Waals surface area contributed by atoms with Crippen molar-refractivity contribution in [3.8, 4) is 0 Å². The first kappa shape index (κ1) is 7.94. The summed E-state index contributed by atoms with van der Waals surface area (Å²) >= 11 is 4.76. The van der Waals surface area contributed by atoms with E-state index in [4.69, 9.17) is 18.0 Å². The molecule has 1 aromatic heterocycles. The number of hydrogen-bond acceptors (Lipinski definition) is 3. The topological polar surface area (TPSA) is 50.9 Å². The zero-order valence-corrected chi connectivity index (χ0v) is 6.98. The Labute approximate surface area is 70.6 Å². The number of aromatic nitrogens is 1. The Balaban J connectivity index is 3.01. The van der Waals surface area contributed by atoms with Crippen LogP contribution in [0.1, 0.15) is 5.69 Å². The largest absolute Gasteiger partial charge is 0.388 e. The summed E-state index contributed by atoms with van der Waals surface area (Å²) in [5, 5.41) is 2.97. The van der Waals surface area contributed by atoms with Crippen molar-refractivity contribution in [3.05, 3.63) is 24.0 Å². The summed E-state index contributed by atoms with van der Waals surface area (Å²) in [6, 6.07) is 3.66. The zero-order valence-electron chi connectivity index (χ0n) is 6.16. The van der Waals surface area contributed by atoms with Gasteiger partial charge in [-0.2, -0.15) is 0 Å². The number of rotatable bonds is 2. The fraction of sp³-hybridized carbons (Fsp3) is 0.143. The van der Waals surface area contributed by atoms with E-state index in [1.165, 1.54) is 0 Å². The molecule has 0 saturated carbocycles. The third kappa shape index (κ3) is 1.88. The van der Waals surface area contributed by atoms with E-state index in [9.17, 15) is 0 Å². The number of nitrogens with two attached hydrogens (primary N) is 1. The van der Waals surface area contributed by atoms with Gasteiger partial charge in [-0.3, -0.25) is 4.98 Å². The first-order valence-corrected chi connectivity index (χ1v) is 3.58. The summed E-state index contributed by atoms with van der Waals surface area (Å²) in [4.78, 5) is 4.30. The molecule has 0 atom stereocenters. The van der Waals surface area contributed by atoms with Gasteiger partial charge < -0.3 is 11.1 Å². The summed E-state index contributed by atoms with van der Waals surface area (Å²) < 4.78 is 0. The van der Waals surface area contributed by atoms with Crippen LogP contribution in [0.25, 0.3) is 0 Å². The van der Waals surface area contributed by atoms with Crippen LogP contribution in [-0.4, -0.2) is 17.0 Å². The molecule has 0 fully saturated rings. The van der Waals surface area contributed by atoms with Crippen molar-refractivity contribution >= 4 is 22.9 Å². The molecule has 0 spiro atoms. The van der Waals surface area contributed by atoms with Crippen molar-refractivity contribution in [3.63, 3.8) is 0 Å². The monoisotopic (exact) mass is 167 g/mol. The average molecular weight is 167 g/mol. The van der Waals surface area contributed by atoms with E-state index >= 15 is 0 Å². The number of thiocarbonyl (C=S) groups is 1. The second-order valence-corrected chi connectivity index (χ2v) is 2.48. The molecule has 0 aliphatic heterocycles. The van der Waals surface area contributed by atoms with Gasteiger partial charge in [-0.15, -0.1) is 0 Å². The summed E-state index contributed by atoms with van der Waals surface area (Å²) in [7, 11) is 1.83. The molecule has 1 rings (SSSR count). The minimum atomic E-state index is 0.321. The van der Waals surface area contributed by atoms with Crippen LogP contribution >= 0.6 is 12.2 Å². The van der Waals surface area contributed by atoms with E-state index in [0.717, 1.165) is 5.69 Å². The summed E-state index contributed by atoms with van der Waals surface area (Å²) in [6.07, 6.45) is 1.67. The maximum atomic E-state index is 5.38. The Morgan fingerprint density at radius 1 is 1.73 bits per heavy atom. The van der Waals surface area contributed by atoms with E-state index in [2.05, 4.69) is 10.3 Å². The number of anilines is 1. The summed E-state index contributed by atoms with van der Waals surface area (Å²) in [5.74, 6) is 0. The quantitative estimate of drug-likeness (QED) is 0.638. The highest BCUT2D eigenvalue weighted by Crippen LogP contribution is 2.05. The van der Waals surface area contributed by atoms with E-state index < -0.39 is 0 Å². The highest BCUT2D eigenvalue weighted by molar-refractivity contribution is 7.80. The van der Waals surface area contributed by atoms with Gasteiger partial charge in [-0.25, -0.2) is 0 Å². The zero-order chi connectivity index (χ0) is 8.27. The third-order valence-corrected chi connectivity index (χ3v) is 1.51. The number of pyridine rings is 1. The van der Waals surface area contributed by atoms with Crippen LogP contribution in [0.15, 0.2) is 18.3 Å². The maximum Gasteiger partial charge on any atom is 0.122 e. The van der Waals surface area contributed by atoms with Crippen molar-refractivity contribution in [2.75, 3.05) is 12.4 Å². The van der Waals surface area contributed by atoms with Gasteiger partial charge in [0.15, 0.2) is 0 Å². The molecule has 0 radical (unpaired) electrons. The minimum absolute atomic E-state index is 0.321. The maximum absolute atomic E-state index is 5.38. The van der Waals surface area contributed by atoms with Crippen molar-refractivity contribution < 1.29 is 0 Å². The molecule has 0 aliphatic rings. The van der Waals surface area contributed by atoms with Gasteiger partial charge in [0.2, 0.25) is 0 Å². The molecule has 0 amide bonds. The lowest BCUT2D eigenvalue weighted by Crippen LogP contribution is -2.11. The molecular formula is C7H9N3S. The normalized spacial score (nSPS) is 9.18. The van der Waals surface area contributed by atoms with Crippen molar-refractivity contribution in [2.24, 2.45) is 5.73 Å². The Morgan fingerprint density at radius 3 is 3.00 bits per heavy atom. The standard InChI is InChI=1S/C7H9N3S/c1-9-5-2-3-10-6(4-5)7(8)11/h2-4H,1H3,(H2,8,11)(H,9,10). The Kier molecular flexibility index (Phi) is 2.38. The van der Waals surface area contributed by atoms with Crippen LogP contribution in [-0.2, 0) is 0 Å². The molecule has 3 N–H and O–H groups in total. The predicted molar refractivity (Wildman–Crippen MR) is 49.7 cm³/mol. The van der Waals surface area contributed by atoms with Gasteiger partial charge in [0.1, 0.15) is 4.99 Å². The Bertz CT molecular complexity index is 272. The van der Waals surface area contributed by atoms with Gasteiger partial charge in [0.05, 0.1) is 5.69 Å². The van der Waals surface area contributed by atoms with Crippen LogP contribution in [0, 0.1) is 0 Å². The predicted octanol–water partition coefficient (Wildman–Crippen LogP) is 0.758. The van der Waals surface area contributed by atoms with Crippen LogP contribution in [0.4, 0.5) is 5.69 Å². The van der Waals surface area contributed by atoms with E-state index in [1.54, 1.807) is 6.20 Å². The lowest BCUT2D eigenvalue weighted by molar-refractivity contribution is 1.28.